The molecule has 1 aromatic rings. The summed E-state index contributed by atoms with van der Waals surface area (Å²) in [5, 5.41) is 6.04. The van der Waals surface area contributed by atoms with Gasteiger partial charge in [0.15, 0.2) is 0 Å². The first kappa shape index (κ1) is 36.4. The number of carbonyl (C=O) groups is 2. The van der Waals surface area contributed by atoms with Crippen LogP contribution in [0.3, 0.4) is 0 Å². The van der Waals surface area contributed by atoms with Gasteiger partial charge in [0.25, 0.3) is 0 Å². The molecule has 0 saturated heterocycles. The normalized spacial score (nSPS) is 21.3. The summed E-state index contributed by atoms with van der Waals surface area (Å²) in [6, 6.07) is 9.42. The molecule has 8 heteroatoms. The number of nitrogens with two attached hydrogens (primary N) is 1. The lowest BCUT2D eigenvalue weighted by Crippen LogP contribution is -2.51. The van der Waals surface area contributed by atoms with E-state index in [0.717, 1.165) is 24.8 Å². The molecule has 1 fully saturated rings. The topological polar surface area (TPSA) is 112 Å². The van der Waals surface area contributed by atoms with E-state index in [2.05, 4.69) is 37.5 Å². The number of rotatable bonds is 12. The molecule has 1 aliphatic carbocycles. The highest BCUT2D eigenvalue weighted by Gasteiger charge is 2.42. The standard InChI is InChI=1S/C31H51N3O5.C2H6/c1-28(2)18-24(34-27(36)38-25(20-32)23-14-10-9-11-15-23)19-31(7,21-28)22-33-26(35)39-30(5,6)17-13-12-16-29(3,4)37-8;1-2/h9-15,24-25H,16-22,32H2,1-8H3,(H,33,35)(H,34,36);1-2H3/b13-12-;. The minimum Gasteiger partial charge on any atom is -0.443 e. The Morgan fingerprint density at radius 1 is 1.00 bits per heavy atom. The lowest BCUT2D eigenvalue weighted by Gasteiger charge is -2.46. The van der Waals surface area contributed by atoms with Crippen molar-refractivity contribution in [2.75, 3.05) is 20.2 Å². The first-order valence-electron chi connectivity index (χ1n) is 15.0. The van der Waals surface area contributed by atoms with Gasteiger partial charge in [0.1, 0.15) is 11.7 Å². The van der Waals surface area contributed by atoms with Crippen molar-refractivity contribution in [2.45, 2.75) is 118 Å². The summed E-state index contributed by atoms with van der Waals surface area (Å²) in [6.45, 7) is 19.0. The molecular weight excluding hydrogens is 518 g/mol. The largest absolute Gasteiger partial charge is 0.443 e. The fraction of sp³-hybridized carbons (Fsp3) is 0.697. The summed E-state index contributed by atoms with van der Waals surface area (Å²) >= 11 is 0. The Morgan fingerprint density at radius 2 is 1.59 bits per heavy atom. The number of benzene rings is 1. The van der Waals surface area contributed by atoms with Crippen molar-refractivity contribution in [1.29, 1.82) is 0 Å². The molecule has 234 valence electrons. The van der Waals surface area contributed by atoms with Gasteiger partial charge in [-0.2, -0.15) is 0 Å². The van der Waals surface area contributed by atoms with Crippen LogP contribution in [0.15, 0.2) is 42.5 Å². The Hall–Kier alpha value is -2.58. The highest BCUT2D eigenvalue weighted by molar-refractivity contribution is 5.68. The van der Waals surface area contributed by atoms with Crippen molar-refractivity contribution < 1.29 is 23.8 Å². The zero-order valence-electron chi connectivity index (χ0n) is 27.3. The SMILES string of the molecule is CC.COC(C)(C)C/C=C\CC(C)(C)OC(=O)NCC1(C)CC(NC(=O)OC(CN)c2ccccc2)CC(C)(C)C1. The van der Waals surface area contributed by atoms with Gasteiger partial charge < -0.3 is 30.6 Å². The molecule has 1 aliphatic rings. The Kier molecular flexibility index (Phi) is 14.4. The second-order valence-corrected chi connectivity index (χ2v) is 13.3. The lowest BCUT2D eigenvalue weighted by atomic mass is 9.62. The van der Waals surface area contributed by atoms with Crippen LogP contribution in [-0.2, 0) is 14.2 Å². The van der Waals surface area contributed by atoms with E-state index in [1.54, 1.807) is 7.11 Å². The van der Waals surface area contributed by atoms with Gasteiger partial charge in [0, 0.05) is 32.7 Å². The predicted octanol–water partition coefficient (Wildman–Crippen LogP) is 7.29. The molecule has 0 bridgehead atoms. The second kappa shape index (κ2) is 16.2. The van der Waals surface area contributed by atoms with Gasteiger partial charge in [-0.05, 0) is 69.8 Å². The van der Waals surface area contributed by atoms with E-state index < -0.39 is 23.9 Å². The van der Waals surface area contributed by atoms with E-state index in [0.29, 0.717) is 19.4 Å². The molecule has 0 heterocycles. The van der Waals surface area contributed by atoms with E-state index in [-0.39, 0.29) is 29.0 Å². The summed E-state index contributed by atoms with van der Waals surface area (Å²) in [5.41, 5.74) is 5.63. The quantitative estimate of drug-likeness (QED) is 0.226. The minimum absolute atomic E-state index is 0.0245. The number of amides is 2. The van der Waals surface area contributed by atoms with Crippen LogP contribution in [-0.4, -0.2) is 49.6 Å². The highest BCUT2D eigenvalue weighted by atomic mass is 16.6. The van der Waals surface area contributed by atoms with Crippen LogP contribution in [0.1, 0.15) is 106 Å². The predicted molar refractivity (Wildman–Crippen MR) is 167 cm³/mol. The van der Waals surface area contributed by atoms with Gasteiger partial charge in [-0.15, -0.1) is 0 Å². The molecule has 4 N–H and O–H groups in total. The van der Waals surface area contributed by atoms with Crippen molar-refractivity contribution in [3.63, 3.8) is 0 Å². The molecule has 41 heavy (non-hydrogen) atoms. The number of nitrogens with one attached hydrogen (secondary N) is 2. The highest BCUT2D eigenvalue weighted by Crippen LogP contribution is 2.46. The average molecular weight is 576 g/mol. The third kappa shape index (κ3) is 13.8. The van der Waals surface area contributed by atoms with Crippen molar-refractivity contribution in [3.05, 3.63) is 48.0 Å². The van der Waals surface area contributed by atoms with E-state index in [1.807, 2.05) is 78.0 Å². The molecule has 8 nitrogen and oxygen atoms in total. The summed E-state index contributed by atoms with van der Waals surface area (Å²) in [7, 11) is 1.70. The Labute approximate surface area is 249 Å². The van der Waals surface area contributed by atoms with Crippen molar-refractivity contribution in [1.82, 2.24) is 10.6 Å². The van der Waals surface area contributed by atoms with Crippen LogP contribution >= 0.6 is 0 Å². The van der Waals surface area contributed by atoms with E-state index in [4.69, 9.17) is 19.9 Å². The van der Waals surface area contributed by atoms with Crippen LogP contribution in [0.5, 0.6) is 0 Å². The zero-order chi connectivity index (χ0) is 31.3. The number of alkyl carbamates (subject to hydrolysis) is 2. The number of ether oxygens (including phenoxy) is 3. The maximum absolute atomic E-state index is 12.8. The molecule has 1 saturated carbocycles. The van der Waals surface area contributed by atoms with Gasteiger partial charge >= 0.3 is 12.2 Å². The molecular formula is C33H57N3O5. The first-order chi connectivity index (χ1) is 19.1. The monoisotopic (exact) mass is 575 g/mol. The van der Waals surface area contributed by atoms with Gasteiger partial charge in [-0.1, -0.05) is 77.1 Å². The van der Waals surface area contributed by atoms with Gasteiger partial charge in [-0.25, -0.2) is 9.59 Å². The van der Waals surface area contributed by atoms with Crippen LogP contribution < -0.4 is 16.4 Å². The second-order valence-electron chi connectivity index (χ2n) is 13.3. The first-order valence-corrected chi connectivity index (χ1v) is 15.0. The van der Waals surface area contributed by atoms with E-state index in [1.165, 1.54) is 0 Å². The summed E-state index contributed by atoms with van der Waals surface area (Å²) in [4.78, 5) is 25.5. The van der Waals surface area contributed by atoms with E-state index in [9.17, 15) is 9.59 Å². The minimum atomic E-state index is -0.642. The fourth-order valence-corrected chi connectivity index (χ4v) is 5.55. The lowest BCUT2D eigenvalue weighted by molar-refractivity contribution is 0.0241. The summed E-state index contributed by atoms with van der Waals surface area (Å²) in [6.07, 6.45) is 6.49. The number of methoxy groups -OCH3 is 1. The smallest absolute Gasteiger partial charge is 0.408 e. The number of hydrogen-bond acceptors (Lipinski definition) is 6. The summed E-state index contributed by atoms with van der Waals surface area (Å²) < 4.78 is 16.8. The van der Waals surface area contributed by atoms with E-state index >= 15 is 0 Å². The number of carbonyl (C=O) groups excluding carboxylic acids is 2. The average Bonchev–Trinajstić information content (AvgIpc) is 2.89. The van der Waals surface area contributed by atoms with Crippen LogP contribution in [0.4, 0.5) is 9.59 Å². The van der Waals surface area contributed by atoms with Crippen LogP contribution in [0.2, 0.25) is 0 Å². The molecule has 1 aromatic carbocycles. The van der Waals surface area contributed by atoms with Crippen LogP contribution in [0.25, 0.3) is 0 Å². The maximum atomic E-state index is 12.8. The van der Waals surface area contributed by atoms with Gasteiger partial charge in [-0.3, -0.25) is 0 Å². The van der Waals surface area contributed by atoms with Crippen molar-refractivity contribution in [2.24, 2.45) is 16.6 Å². The fourth-order valence-electron chi connectivity index (χ4n) is 5.55. The molecule has 0 aromatic heterocycles. The molecule has 3 unspecified atom stereocenters. The molecule has 0 spiro atoms. The molecule has 0 radical (unpaired) electrons. The summed E-state index contributed by atoms with van der Waals surface area (Å²) in [5.74, 6) is 0. The van der Waals surface area contributed by atoms with Crippen molar-refractivity contribution >= 4 is 12.2 Å². The van der Waals surface area contributed by atoms with Crippen LogP contribution in [0, 0.1) is 10.8 Å². The third-order valence-corrected chi connectivity index (χ3v) is 7.37. The Bertz CT molecular complexity index is 961. The van der Waals surface area contributed by atoms with Gasteiger partial charge in [0.05, 0.1) is 5.60 Å². The Balaban J connectivity index is 0.00000411. The maximum Gasteiger partial charge on any atom is 0.408 e. The van der Waals surface area contributed by atoms with Gasteiger partial charge in [0.2, 0.25) is 0 Å². The third-order valence-electron chi connectivity index (χ3n) is 7.37. The molecule has 3 atom stereocenters. The molecule has 2 rings (SSSR count). The zero-order valence-corrected chi connectivity index (χ0v) is 27.3. The molecule has 2 amide bonds. The Morgan fingerprint density at radius 3 is 2.15 bits per heavy atom. The van der Waals surface area contributed by atoms with Crippen molar-refractivity contribution in [3.8, 4) is 0 Å². The number of hydrogen-bond donors (Lipinski definition) is 3. The molecule has 0 aliphatic heterocycles.